The molecule has 3 aromatic rings. The van der Waals surface area contributed by atoms with Crippen LogP contribution in [0.3, 0.4) is 0 Å². The highest BCUT2D eigenvalue weighted by atomic mass is 19.4. The predicted molar refractivity (Wildman–Crippen MR) is 109 cm³/mol. The molecule has 0 amide bonds. The molecule has 0 unspecified atom stereocenters. The van der Waals surface area contributed by atoms with Gasteiger partial charge in [-0.3, -0.25) is 4.57 Å². The van der Waals surface area contributed by atoms with E-state index in [1.807, 2.05) is 6.92 Å². The van der Waals surface area contributed by atoms with Gasteiger partial charge in [-0.25, -0.2) is 9.59 Å². The van der Waals surface area contributed by atoms with E-state index in [2.05, 4.69) is 4.98 Å². The lowest BCUT2D eigenvalue weighted by atomic mass is 10.0. The number of ether oxygens (including phenoxy) is 2. The topological polar surface area (TPSA) is 107 Å². The van der Waals surface area contributed by atoms with Crippen molar-refractivity contribution in [3.63, 3.8) is 0 Å². The molecule has 0 fully saturated rings. The fourth-order valence-electron chi connectivity index (χ4n) is 3.38. The Bertz CT molecular complexity index is 1210. The second kappa shape index (κ2) is 9.51. The first-order chi connectivity index (χ1) is 15.1. The molecule has 0 saturated heterocycles. The van der Waals surface area contributed by atoms with Crippen LogP contribution >= 0.6 is 0 Å². The van der Waals surface area contributed by atoms with Crippen LogP contribution in [-0.2, 0) is 23.9 Å². The van der Waals surface area contributed by atoms with Gasteiger partial charge in [0.15, 0.2) is 0 Å². The molecule has 0 saturated carbocycles. The quantitative estimate of drug-likeness (QED) is 0.378. The molecule has 0 aliphatic carbocycles. The predicted octanol–water partition coefficient (Wildman–Crippen LogP) is 3.36. The summed E-state index contributed by atoms with van der Waals surface area (Å²) < 4.78 is 57.4. The average molecular weight is 456 g/mol. The van der Waals surface area contributed by atoms with Crippen molar-refractivity contribution in [2.45, 2.75) is 39.4 Å². The number of imidazole rings is 1. The molecule has 2 heterocycles. The summed E-state index contributed by atoms with van der Waals surface area (Å²) in [4.78, 5) is 25.9. The number of aromatic hydroxyl groups is 1. The number of aromatic nitrogens is 2. The van der Waals surface area contributed by atoms with Crippen molar-refractivity contribution in [3.8, 4) is 11.6 Å². The largest absolute Gasteiger partial charge is 0.493 e. The number of fused-ring (bicyclic) bond motifs is 1. The maximum Gasteiger partial charge on any atom is 0.417 e. The number of aromatic amines is 1. The Kier molecular flexibility index (Phi) is 6.97. The van der Waals surface area contributed by atoms with Crippen molar-refractivity contribution >= 4 is 11.0 Å². The second-order valence-corrected chi connectivity index (χ2v) is 7.14. The smallest absolute Gasteiger partial charge is 0.417 e. The Labute approximate surface area is 180 Å². The monoisotopic (exact) mass is 456 g/mol. The molecule has 0 bridgehead atoms. The zero-order chi connectivity index (χ0) is 23.5. The van der Waals surface area contributed by atoms with Crippen LogP contribution in [-0.4, -0.2) is 34.5 Å². The van der Waals surface area contributed by atoms with Crippen molar-refractivity contribution in [2.24, 2.45) is 0 Å². The van der Waals surface area contributed by atoms with Crippen LogP contribution in [0.15, 0.2) is 32.2 Å². The minimum atomic E-state index is -4.69. The molecule has 2 aromatic heterocycles. The van der Waals surface area contributed by atoms with Gasteiger partial charge in [0.2, 0.25) is 5.88 Å². The van der Waals surface area contributed by atoms with Crippen LogP contribution in [0.25, 0.3) is 11.0 Å². The first-order valence-corrected chi connectivity index (χ1v) is 9.99. The maximum absolute atomic E-state index is 13.3. The van der Waals surface area contributed by atoms with E-state index in [9.17, 15) is 27.9 Å². The van der Waals surface area contributed by atoms with Crippen LogP contribution in [0.5, 0.6) is 11.6 Å². The molecule has 32 heavy (non-hydrogen) atoms. The van der Waals surface area contributed by atoms with Gasteiger partial charge < -0.3 is 24.0 Å². The van der Waals surface area contributed by atoms with E-state index >= 15 is 0 Å². The number of nitrogens with zero attached hydrogens (tertiary/aromatic N) is 1. The van der Waals surface area contributed by atoms with Gasteiger partial charge in [-0.2, -0.15) is 13.2 Å². The lowest BCUT2D eigenvalue weighted by molar-refractivity contribution is -0.136. The Morgan fingerprint density at radius 3 is 2.56 bits per heavy atom. The molecule has 8 nitrogen and oxygen atoms in total. The summed E-state index contributed by atoms with van der Waals surface area (Å²) in [5, 5.41) is 9.58. The van der Waals surface area contributed by atoms with Gasteiger partial charge in [-0.1, -0.05) is 13.3 Å². The summed E-state index contributed by atoms with van der Waals surface area (Å²) in [5.74, 6) is 0.149. The first kappa shape index (κ1) is 23.5. The highest BCUT2D eigenvalue weighted by Gasteiger charge is 2.34. The van der Waals surface area contributed by atoms with Crippen molar-refractivity contribution in [1.29, 1.82) is 0 Å². The highest BCUT2D eigenvalue weighted by molar-refractivity contribution is 5.85. The average Bonchev–Trinajstić information content (AvgIpc) is 2.96. The number of halogens is 3. The van der Waals surface area contributed by atoms with E-state index in [1.165, 1.54) is 12.1 Å². The molecule has 0 spiro atoms. The third kappa shape index (κ3) is 4.98. The lowest BCUT2D eigenvalue weighted by Gasteiger charge is -2.15. The Balaban J connectivity index is 1.70. The van der Waals surface area contributed by atoms with E-state index in [0.29, 0.717) is 35.9 Å². The summed E-state index contributed by atoms with van der Waals surface area (Å²) in [7, 11) is 0. The number of rotatable bonds is 9. The van der Waals surface area contributed by atoms with Crippen LogP contribution in [0.1, 0.15) is 30.2 Å². The minimum Gasteiger partial charge on any atom is -0.493 e. The van der Waals surface area contributed by atoms with E-state index in [4.69, 9.17) is 13.9 Å². The molecule has 0 aliphatic rings. The van der Waals surface area contributed by atoms with Gasteiger partial charge in [0.1, 0.15) is 17.9 Å². The van der Waals surface area contributed by atoms with Gasteiger partial charge in [0.05, 0.1) is 31.0 Å². The third-order valence-electron chi connectivity index (χ3n) is 4.85. The van der Waals surface area contributed by atoms with Crippen molar-refractivity contribution in [3.05, 3.63) is 55.9 Å². The highest BCUT2D eigenvalue weighted by Crippen LogP contribution is 2.37. The standard InChI is InChI=1S/C21H23F3N2O6/c1-3-4-14-16(6-5-13-15(21(22,23)24)11-17(27)32-18(13)14)31-10-9-30-8-7-26-19(28)12(2)25-20(26)29/h5-6,11,28H,3-4,7-10H2,1-2H3,(H,25,29). The second-order valence-electron chi connectivity index (χ2n) is 7.14. The summed E-state index contributed by atoms with van der Waals surface area (Å²) in [6.07, 6.45) is -3.74. The molecule has 0 aliphatic heterocycles. The fraction of sp³-hybridized carbons (Fsp3) is 0.429. The molecule has 0 radical (unpaired) electrons. The van der Waals surface area contributed by atoms with Gasteiger partial charge in [-0.05, 0) is 25.5 Å². The summed E-state index contributed by atoms with van der Waals surface area (Å²) in [6.45, 7) is 3.90. The van der Waals surface area contributed by atoms with E-state index in [1.54, 1.807) is 6.92 Å². The van der Waals surface area contributed by atoms with E-state index < -0.39 is 23.1 Å². The molecule has 3 rings (SSSR count). The summed E-state index contributed by atoms with van der Waals surface area (Å²) in [5.41, 5.74) is -1.97. The Hall–Kier alpha value is -3.21. The van der Waals surface area contributed by atoms with Crippen molar-refractivity contribution < 1.29 is 32.2 Å². The van der Waals surface area contributed by atoms with Crippen LogP contribution in [0, 0.1) is 6.92 Å². The number of hydrogen-bond acceptors (Lipinski definition) is 6. The molecule has 174 valence electrons. The SMILES string of the molecule is CCCc1c(OCCOCCn2c(O)c(C)[nH]c2=O)ccc2c(C(F)(F)F)cc(=O)oc12. The van der Waals surface area contributed by atoms with Crippen LogP contribution in [0.2, 0.25) is 0 Å². The number of aryl methyl sites for hydroxylation is 2. The fourth-order valence-corrected chi connectivity index (χ4v) is 3.38. The minimum absolute atomic E-state index is 0.0818. The summed E-state index contributed by atoms with van der Waals surface area (Å²) >= 11 is 0. The number of benzene rings is 1. The normalized spacial score (nSPS) is 11.9. The molecular formula is C21H23F3N2O6. The van der Waals surface area contributed by atoms with E-state index in [-0.39, 0.29) is 43.2 Å². The van der Waals surface area contributed by atoms with Crippen LogP contribution in [0.4, 0.5) is 13.2 Å². The molecule has 11 heteroatoms. The molecule has 0 atom stereocenters. The zero-order valence-electron chi connectivity index (χ0n) is 17.5. The van der Waals surface area contributed by atoms with Crippen LogP contribution < -0.4 is 16.1 Å². The zero-order valence-corrected chi connectivity index (χ0v) is 17.5. The summed E-state index contributed by atoms with van der Waals surface area (Å²) in [6, 6.07) is 3.09. The first-order valence-electron chi connectivity index (χ1n) is 9.99. The lowest BCUT2D eigenvalue weighted by Crippen LogP contribution is -2.20. The van der Waals surface area contributed by atoms with Gasteiger partial charge >= 0.3 is 17.5 Å². The van der Waals surface area contributed by atoms with Gasteiger partial charge in [0.25, 0.3) is 0 Å². The molecule has 2 N–H and O–H groups in total. The number of nitrogens with one attached hydrogen (secondary N) is 1. The maximum atomic E-state index is 13.3. The number of hydrogen-bond donors (Lipinski definition) is 2. The number of H-pyrrole nitrogens is 1. The van der Waals surface area contributed by atoms with Crippen molar-refractivity contribution in [1.82, 2.24) is 9.55 Å². The van der Waals surface area contributed by atoms with Gasteiger partial charge in [0, 0.05) is 17.0 Å². The number of alkyl halides is 3. The van der Waals surface area contributed by atoms with Gasteiger partial charge in [-0.15, -0.1) is 0 Å². The molecular weight excluding hydrogens is 433 g/mol. The van der Waals surface area contributed by atoms with Crippen molar-refractivity contribution in [2.75, 3.05) is 19.8 Å². The molecule has 1 aromatic carbocycles. The third-order valence-corrected chi connectivity index (χ3v) is 4.85. The Morgan fingerprint density at radius 2 is 1.94 bits per heavy atom. The Morgan fingerprint density at radius 1 is 1.19 bits per heavy atom. The van der Waals surface area contributed by atoms with E-state index in [0.717, 1.165) is 4.57 Å².